The molecule has 0 radical (unpaired) electrons. The van der Waals surface area contributed by atoms with Crippen molar-refractivity contribution in [1.82, 2.24) is 5.32 Å². The smallest absolute Gasteiger partial charge is 0.0471 e. The maximum absolute atomic E-state index is 6.05. The number of halogens is 3. The van der Waals surface area contributed by atoms with Crippen molar-refractivity contribution in [2.45, 2.75) is 5.92 Å². The Bertz CT molecular complexity index is 311. The van der Waals surface area contributed by atoms with E-state index in [0.717, 1.165) is 18.7 Å². The molecule has 1 N–H and O–H groups in total. The van der Waals surface area contributed by atoms with Gasteiger partial charge in [0.15, 0.2) is 0 Å². The highest BCUT2D eigenvalue weighted by Crippen LogP contribution is 2.35. The van der Waals surface area contributed by atoms with Gasteiger partial charge in [0.25, 0.3) is 0 Å². The summed E-state index contributed by atoms with van der Waals surface area (Å²) in [4.78, 5) is 0. The topological polar surface area (TPSA) is 12.0 Å². The van der Waals surface area contributed by atoms with E-state index in [9.17, 15) is 0 Å². The average Bonchev–Trinajstić information content (AvgIpc) is 1.92. The van der Waals surface area contributed by atoms with Crippen LogP contribution in [0.4, 0.5) is 0 Å². The maximum Gasteiger partial charge on any atom is 0.0471 e. The Morgan fingerprint density at radius 3 is 2.00 bits per heavy atom. The molecule has 0 aromatic heterocycles. The molecular formula is C9H8Cl3N. The molecule has 1 saturated heterocycles. The third-order valence-electron chi connectivity index (χ3n) is 2.23. The second-order valence-electron chi connectivity index (χ2n) is 3.14. The molecule has 0 bridgehead atoms. The van der Waals surface area contributed by atoms with Gasteiger partial charge in [0, 0.05) is 34.1 Å². The van der Waals surface area contributed by atoms with Gasteiger partial charge in [0.1, 0.15) is 0 Å². The van der Waals surface area contributed by atoms with E-state index in [-0.39, 0.29) is 0 Å². The molecule has 0 atom stereocenters. The van der Waals surface area contributed by atoms with E-state index in [2.05, 4.69) is 5.32 Å². The summed E-state index contributed by atoms with van der Waals surface area (Å²) in [5.41, 5.74) is 1.02. The molecule has 4 heteroatoms. The highest BCUT2D eigenvalue weighted by Gasteiger charge is 2.24. The van der Waals surface area contributed by atoms with Crippen molar-refractivity contribution in [2.24, 2.45) is 0 Å². The third kappa shape index (κ3) is 1.79. The van der Waals surface area contributed by atoms with Crippen LogP contribution in [0.1, 0.15) is 11.5 Å². The van der Waals surface area contributed by atoms with E-state index in [1.54, 1.807) is 12.1 Å². The normalized spacial score (nSPS) is 17.2. The van der Waals surface area contributed by atoms with Crippen molar-refractivity contribution in [1.29, 1.82) is 0 Å². The Labute approximate surface area is 92.0 Å². The minimum absolute atomic E-state index is 0.442. The van der Waals surface area contributed by atoms with Crippen molar-refractivity contribution in [3.8, 4) is 0 Å². The number of benzene rings is 1. The molecule has 0 unspecified atom stereocenters. The fraction of sp³-hybridized carbons (Fsp3) is 0.333. The van der Waals surface area contributed by atoms with Gasteiger partial charge in [-0.25, -0.2) is 0 Å². The van der Waals surface area contributed by atoms with Crippen molar-refractivity contribution in [3.63, 3.8) is 0 Å². The van der Waals surface area contributed by atoms with E-state index in [4.69, 9.17) is 34.8 Å². The largest absolute Gasteiger partial charge is 0.315 e. The van der Waals surface area contributed by atoms with E-state index >= 15 is 0 Å². The zero-order valence-electron chi connectivity index (χ0n) is 6.78. The molecule has 1 fully saturated rings. The molecule has 0 amide bonds. The Kier molecular flexibility index (Phi) is 2.70. The molecule has 0 saturated carbocycles. The highest BCUT2D eigenvalue weighted by molar-refractivity contribution is 6.39. The number of hydrogen-bond acceptors (Lipinski definition) is 1. The fourth-order valence-electron chi connectivity index (χ4n) is 1.44. The molecule has 1 nitrogen and oxygen atoms in total. The lowest BCUT2D eigenvalue weighted by molar-refractivity contribution is 0.448. The van der Waals surface area contributed by atoms with Crippen LogP contribution in [0.3, 0.4) is 0 Å². The fourth-order valence-corrected chi connectivity index (χ4v) is 2.56. The van der Waals surface area contributed by atoms with Crippen molar-refractivity contribution in [2.75, 3.05) is 13.1 Å². The zero-order chi connectivity index (χ0) is 9.42. The monoisotopic (exact) mass is 235 g/mol. The second kappa shape index (κ2) is 3.66. The van der Waals surface area contributed by atoms with E-state index in [0.29, 0.717) is 21.0 Å². The predicted octanol–water partition coefficient (Wildman–Crippen LogP) is 3.33. The minimum atomic E-state index is 0.442. The first-order valence-electron chi connectivity index (χ1n) is 4.03. The van der Waals surface area contributed by atoms with Gasteiger partial charge in [-0.2, -0.15) is 0 Å². The third-order valence-corrected chi connectivity index (χ3v) is 3.08. The van der Waals surface area contributed by atoms with Gasteiger partial charge < -0.3 is 5.32 Å². The summed E-state index contributed by atoms with van der Waals surface area (Å²) < 4.78 is 0. The minimum Gasteiger partial charge on any atom is -0.315 e. The molecular weight excluding hydrogens is 228 g/mol. The van der Waals surface area contributed by atoms with Gasteiger partial charge in [-0.05, 0) is 17.7 Å². The summed E-state index contributed by atoms with van der Waals surface area (Å²) in [6.07, 6.45) is 0. The van der Waals surface area contributed by atoms with Crippen molar-refractivity contribution < 1.29 is 0 Å². The first kappa shape index (κ1) is 9.60. The lowest BCUT2D eigenvalue weighted by atomic mass is 9.94. The molecule has 1 aliphatic heterocycles. The predicted molar refractivity (Wildman–Crippen MR) is 57.1 cm³/mol. The quantitative estimate of drug-likeness (QED) is 0.789. The SMILES string of the molecule is Clc1cc(Cl)c(C2CNC2)c(Cl)c1. The van der Waals surface area contributed by atoms with Crippen LogP contribution in [0.15, 0.2) is 12.1 Å². The maximum atomic E-state index is 6.05. The van der Waals surface area contributed by atoms with Gasteiger partial charge in [0.05, 0.1) is 0 Å². The number of rotatable bonds is 1. The van der Waals surface area contributed by atoms with Crippen LogP contribution in [0.5, 0.6) is 0 Å². The summed E-state index contributed by atoms with van der Waals surface area (Å²) in [5, 5.41) is 5.11. The molecule has 1 aliphatic rings. The van der Waals surface area contributed by atoms with E-state index < -0.39 is 0 Å². The van der Waals surface area contributed by atoms with Crippen LogP contribution in [0.2, 0.25) is 15.1 Å². The molecule has 2 rings (SSSR count). The van der Waals surface area contributed by atoms with Gasteiger partial charge in [-0.1, -0.05) is 34.8 Å². The molecule has 13 heavy (non-hydrogen) atoms. The Morgan fingerprint density at radius 2 is 1.62 bits per heavy atom. The van der Waals surface area contributed by atoms with E-state index in [1.807, 2.05) is 0 Å². The summed E-state index contributed by atoms with van der Waals surface area (Å²) >= 11 is 17.9. The number of nitrogens with one attached hydrogen (secondary N) is 1. The lowest BCUT2D eigenvalue weighted by Crippen LogP contribution is -2.40. The van der Waals surface area contributed by atoms with E-state index in [1.165, 1.54) is 0 Å². The molecule has 0 spiro atoms. The number of hydrogen-bond donors (Lipinski definition) is 1. The van der Waals surface area contributed by atoms with Gasteiger partial charge >= 0.3 is 0 Å². The summed E-state index contributed by atoms with van der Waals surface area (Å²) in [6, 6.07) is 3.48. The average molecular weight is 237 g/mol. The summed E-state index contributed by atoms with van der Waals surface area (Å²) in [7, 11) is 0. The van der Waals surface area contributed by atoms with Crippen LogP contribution in [-0.2, 0) is 0 Å². The Hall–Kier alpha value is 0.0500. The Balaban J connectivity index is 2.43. The zero-order valence-corrected chi connectivity index (χ0v) is 9.05. The molecule has 1 aromatic rings. The van der Waals surface area contributed by atoms with Gasteiger partial charge in [-0.15, -0.1) is 0 Å². The second-order valence-corrected chi connectivity index (χ2v) is 4.39. The lowest BCUT2D eigenvalue weighted by Gasteiger charge is -2.29. The highest BCUT2D eigenvalue weighted by atomic mass is 35.5. The standard InChI is InChI=1S/C9H8Cl3N/c10-6-1-7(11)9(8(12)2-6)5-3-13-4-5/h1-2,5,13H,3-4H2. The van der Waals surface area contributed by atoms with Crippen LogP contribution < -0.4 is 5.32 Å². The van der Waals surface area contributed by atoms with Crippen LogP contribution in [0.25, 0.3) is 0 Å². The summed E-state index contributed by atoms with van der Waals surface area (Å²) in [6.45, 7) is 1.89. The molecule has 1 aromatic carbocycles. The first-order valence-corrected chi connectivity index (χ1v) is 5.17. The van der Waals surface area contributed by atoms with Crippen LogP contribution in [0, 0.1) is 0 Å². The van der Waals surface area contributed by atoms with Gasteiger partial charge in [0.2, 0.25) is 0 Å². The van der Waals surface area contributed by atoms with Crippen LogP contribution in [-0.4, -0.2) is 13.1 Å². The molecule has 70 valence electrons. The summed E-state index contributed by atoms with van der Waals surface area (Å²) in [5.74, 6) is 0.442. The Morgan fingerprint density at radius 1 is 1.08 bits per heavy atom. The van der Waals surface area contributed by atoms with Crippen molar-refractivity contribution in [3.05, 3.63) is 32.8 Å². The van der Waals surface area contributed by atoms with Crippen LogP contribution >= 0.6 is 34.8 Å². The van der Waals surface area contributed by atoms with Gasteiger partial charge in [-0.3, -0.25) is 0 Å². The first-order chi connectivity index (χ1) is 6.18. The molecule has 0 aliphatic carbocycles. The molecule has 1 heterocycles. The van der Waals surface area contributed by atoms with Crippen molar-refractivity contribution >= 4 is 34.8 Å².